The Kier molecular flexibility index (Phi) is 5.92. The molecule has 0 aromatic heterocycles. The van der Waals surface area contributed by atoms with E-state index >= 15 is 0 Å². The lowest BCUT2D eigenvalue weighted by Crippen LogP contribution is -2.33. The highest BCUT2D eigenvalue weighted by Gasteiger charge is 2.45. The van der Waals surface area contributed by atoms with Crippen molar-refractivity contribution in [1.29, 1.82) is 0 Å². The van der Waals surface area contributed by atoms with Crippen LogP contribution >= 0.6 is 0 Å². The van der Waals surface area contributed by atoms with Gasteiger partial charge in [0.1, 0.15) is 0 Å². The zero-order chi connectivity index (χ0) is 21.0. The minimum atomic E-state index is -3.92. The SMILES string of the molecule is CCOC(=O)C(F)(F)c1ccccc1C(=O)N[C@H](C)c1cccc2ccccc12. The zero-order valence-electron chi connectivity index (χ0n) is 16.1. The molecule has 0 aliphatic heterocycles. The second-order valence-electron chi connectivity index (χ2n) is 6.60. The normalized spacial score (nSPS) is 12.4. The summed E-state index contributed by atoms with van der Waals surface area (Å²) in [5, 5.41) is 4.74. The van der Waals surface area contributed by atoms with Crippen LogP contribution in [0.1, 0.15) is 41.4 Å². The molecule has 0 saturated carbocycles. The van der Waals surface area contributed by atoms with Crippen LogP contribution in [-0.2, 0) is 15.5 Å². The number of rotatable bonds is 6. The molecule has 29 heavy (non-hydrogen) atoms. The number of hydrogen-bond acceptors (Lipinski definition) is 3. The summed E-state index contributed by atoms with van der Waals surface area (Å²) in [4.78, 5) is 24.5. The Morgan fingerprint density at radius 1 is 1.00 bits per heavy atom. The van der Waals surface area contributed by atoms with Gasteiger partial charge in [-0.15, -0.1) is 0 Å². The topological polar surface area (TPSA) is 55.4 Å². The van der Waals surface area contributed by atoms with Crippen molar-refractivity contribution >= 4 is 22.6 Å². The lowest BCUT2D eigenvalue weighted by atomic mass is 9.98. The van der Waals surface area contributed by atoms with E-state index in [-0.39, 0.29) is 12.2 Å². The Balaban J connectivity index is 1.91. The first kappa shape index (κ1) is 20.5. The van der Waals surface area contributed by atoms with Gasteiger partial charge in [-0.3, -0.25) is 4.79 Å². The molecule has 6 heteroatoms. The fraction of sp³-hybridized carbons (Fsp3) is 0.217. The molecule has 0 bridgehead atoms. The third kappa shape index (κ3) is 4.11. The van der Waals surface area contributed by atoms with Gasteiger partial charge in [0.2, 0.25) is 0 Å². The maximum Gasteiger partial charge on any atom is 0.382 e. The summed E-state index contributed by atoms with van der Waals surface area (Å²) in [5.41, 5.74) is -0.0789. The highest BCUT2D eigenvalue weighted by Crippen LogP contribution is 2.32. The van der Waals surface area contributed by atoms with Gasteiger partial charge in [0.05, 0.1) is 12.6 Å². The van der Waals surface area contributed by atoms with E-state index in [4.69, 9.17) is 0 Å². The summed E-state index contributed by atoms with van der Waals surface area (Å²) in [5.74, 6) is -6.29. The van der Waals surface area contributed by atoms with E-state index in [9.17, 15) is 18.4 Å². The molecular formula is C23H21F2NO3. The zero-order valence-corrected chi connectivity index (χ0v) is 16.1. The van der Waals surface area contributed by atoms with E-state index in [2.05, 4.69) is 10.1 Å². The molecule has 150 valence electrons. The van der Waals surface area contributed by atoms with Gasteiger partial charge in [-0.1, -0.05) is 60.7 Å². The van der Waals surface area contributed by atoms with Crippen LogP contribution in [0, 0.1) is 0 Å². The van der Waals surface area contributed by atoms with Gasteiger partial charge in [0, 0.05) is 11.1 Å². The van der Waals surface area contributed by atoms with E-state index in [1.165, 1.54) is 25.1 Å². The van der Waals surface area contributed by atoms with Crippen molar-refractivity contribution in [2.45, 2.75) is 25.8 Å². The first-order valence-electron chi connectivity index (χ1n) is 9.29. The number of carbonyl (C=O) groups is 2. The molecule has 0 unspecified atom stereocenters. The number of nitrogens with one attached hydrogen (secondary N) is 1. The van der Waals surface area contributed by atoms with E-state index in [1.54, 1.807) is 6.92 Å². The highest BCUT2D eigenvalue weighted by atomic mass is 19.3. The van der Waals surface area contributed by atoms with E-state index in [0.717, 1.165) is 22.4 Å². The van der Waals surface area contributed by atoms with Crippen LogP contribution in [0.25, 0.3) is 10.8 Å². The number of hydrogen-bond donors (Lipinski definition) is 1. The molecule has 0 saturated heterocycles. The van der Waals surface area contributed by atoms with Gasteiger partial charge >= 0.3 is 11.9 Å². The molecule has 0 radical (unpaired) electrons. The van der Waals surface area contributed by atoms with Crippen molar-refractivity contribution < 1.29 is 23.1 Å². The summed E-state index contributed by atoms with van der Waals surface area (Å²) >= 11 is 0. The minimum Gasteiger partial charge on any atom is -0.461 e. The highest BCUT2D eigenvalue weighted by molar-refractivity contribution is 5.98. The van der Waals surface area contributed by atoms with E-state index in [1.807, 2.05) is 42.5 Å². The summed E-state index contributed by atoms with van der Waals surface area (Å²) < 4.78 is 33.6. The third-order valence-corrected chi connectivity index (χ3v) is 4.68. The molecular weight excluding hydrogens is 376 g/mol. The van der Waals surface area contributed by atoms with Crippen LogP contribution in [-0.4, -0.2) is 18.5 Å². The number of benzene rings is 3. The van der Waals surface area contributed by atoms with Crippen LogP contribution in [0.5, 0.6) is 0 Å². The van der Waals surface area contributed by atoms with Crippen LogP contribution < -0.4 is 5.32 Å². The lowest BCUT2D eigenvalue weighted by molar-refractivity contribution is -0.173. The van der Waals surface area contributed by atoms with Gasteiger partial charge in [-0.2, -0.15) is 8.78 Å². The van der Waals surface area contributed by atoms with Crippen LogP contribution in [0.4, 0.5) is 8.78 Å². The first-order chi connectivity index (χ1) is 13.9. The number of ether oxygens (including phenoxy) is 1. The Bertz CT molecular complexity index is 1040. The second kappa shape index (κ2) is 8.39. The molecule has 0 fully saturated rings. The molecule has 1 atom stereocenters. The lowest BCUT2D eigenvalue weighted by Gasteiger charge is -2.20. The van der Waals surface area contributed by atoms with Gasteiger partial charge in [-0.05, 0) is 36.2 Å². The summed E-state index contributed by atoms with van der Waals surface area (Å²) in [7, 11) is 0. The average Bonchev–Trinajstić information content (AvgIpc) is 2.73. The predicted octanol–water partition coefficient (Wildman–Crippen LogP) is 4.99. The molecule has 3 aromatic rings. The maximum atomic E-state index is 14.6. The molecule has 1 N–H and O–H groups in total. The molecule has 0 spiro atoms. The quantitative estimate of drug-likeness (QED) is 0.597. The fourth-order valence-corrected chi connectivity index (χ4v) is 3.27. The Hall–Kier alpha value is -3.28. The summed E-state index contributed by atoms with van der Waals surface area (Å²) in [6.45, 7) is 3.05. The van der Waals surface area contributed by atoms with E-state index in [0.29, 0.717) is 0 Å². The summed E-state index contributed by atoms with van der Waals surface area (Å²) in [6.07, 6.45) is 0. The average molecular weight is 397 g/mol. The Morgan fingerprint density at radius 3 is 2.41 bits per heavy atom. The van der Waals surface area contributed by atoms with Crippen LogP contribution in [0.2, 0.25) is 0 Å². The summed E-state index contributed by atoms with van der Waals surface area (Å²) in [6, 6.07) is 18.2. The largest absolute Gasteiger partial charge is 0.461 e. The molecule has 0 aliphatic carbocycles. The third-order valence-electron chi connectivity index (χ3n) is 4.68. The predicted molar refractivity (Wildman–Crippen MR) is 107 cm³/mol. The van der Waals surface area contributed by atoms with Crippen molar-refractivity contribution in [2.24, 2.45) is 0 Å². The molecule has 0 heterocycles. The van der Waals surface area contributed by atoms with Crippen molar-refractivity contribution in [2.75, 3.05) is 6.61 Å². The van der Waals surface area contributed by atoms with E-state index < -0.39 is 29.4 Å². The fourth-order valence-electron chi connectivity index (χ4n) is 3.27. The molecule has 4 nitrogen and oxygen atoms in total. The number of alkyl halides is 2. The second-order valence-corrected chi connectivity index (χ2v) is 6.60. The first-order valence-corrected chi connectivity index (χ1v) is 9.29. The monoisotopic (exact) mass is 397 g/mol. The van der Waals surface area contributed by atoms with Crippen molar-refractivity contribution in [3.8, 4) is 0 Å². The number of amides is 1. The maximum absolute atomic E-state index is 14.6. The number of halogens is 2. The number of fused-ring (bicyclic) bond motifs is 1. The molecule has 3 aromatic carbocycles. The van der Waals surface area contributed by atoms with Gasteiger partial charge < -0.3 is 10.1 Å². The Morgan fingerprint density at radius 2 is 1.66 bits per heavy atom. The molecule has 1 amide bonds. The number of esters is 1. The van der Waals surface area contributed by atoms with Crippen LogP contribution in [0.15, 0.2) is 66.7 Å². The van der Waals surface area contributed by atoms with Crippen molar-refractivity contribution in [3.63, 3.8) is 0 Å². The van der Waals surface area contributed by atoms with Crippen molar-refractivity contribution in [1.82, 2.24) is 5.32 Å². The standard InChI is InChI=1S/C23H21F2NO3/c1-3-29-22(28)23(24,25)20-14-7-6-12-19(20)21(27)26-15(2)17-13-8-10-16-9-4-5-11-18(16)17/h4-15H,3H2,1-2H3,(H,26,27)/t15-/m1/s1. The van der Waals surface area contributed by atoms with Crippen LogP contribution in [0.3, 0.4) is 0 Å². The Labute approximate surface area is 167 Å². The molecule has 3 rings (SSSR count). The number of carbonyl (C=O) groups excluding carboxylic acids is 2. The van der Waals surface area contributed by atoms with Gasteiger partial charge in [0.25, 0.3) is 5.91 Å². The minimum absolute atomic E-state index is 0.180. The van der Waals surface area contributed by atoms with Crippen molar-refractivity contribution in [3.05, 3.63) is 83.4 Å². The van der Waals surface area contributed by atoms with Gasteiger partial charge in [-0.25, -0.2) is 4.79 Å². The smallest absolute Gasteiger partial charge is 0.382 e. The molecule has 0 aliphatic rings. The van der Waals surface area contributed by atoms with Gasteiger partial charge in [0.15, 0.2) is 0 Å².